The standard InChI is InChI=1S/C17H24N2O/c1-11-7-8-13(9-12(11)2)17(19-18)15-10-20-16-6-4-3-5-14(15)16/h3-6,10-13,17,19H,7-9,18H2,1-2H3. The van der Waals surface area contributed by atoms with Crippen LogP contribution in [0.2, 0.25) is 0 Å². The number of nitrogens with two attached hydrogens (primary N) is 1. The Balaban J connectivity index is 1.90. The Kier molecular flexibility index (Phi) is 3.81. The summed E-state index contributed by atoms with van der Waals surface area (Å²) in [6.07, 6.45) is 5.63. The number of hydrogen-bond donors (Lipinski definition) is 2. The van der Waals surface area contributed by atoms with E-state index in [2.05, 4.69) is 31.4 Å². The van der Waals surface area contributed by atoms with Crippen molar-refractivity contribution in [3.05, 3.63) is 36.1 Å². The van der Waals surface area contributed by atoms with Gasteiger partial charge in [-0.15, -0.1) is 0 Å². The Bertz CT molecular complexity index is 577. The van der Waals surface area contributed by atoms with Crippen LogP contribution in [0, 0.1) is 17.8 Å². The molecule has 3 rings (SSSR count). The maximum absolute atomic E-state index is 5.87. The molecule has 3 N–H and O–H groups in total. The molecular formula is C17H24N2O. The van der Waals surface area contributed by atoms with Crippen LogP contribution in [0.15, 0.2) is 34.9 Å². The van der Waals surface area contributed by atoms with E-state index in [4.69, 9.17) is 10.3 Å². The first-order valence-electron chi connectivity index (χ1n) is 7.63. The SMILES string of the molecule is CC1CCC(C(NN)c2coc3ccccc23)CC1C. The van der Waals surface area contributed by atoms with Gasteiger partial charge < -0.3 is 4.42 Å². The van der Waals surface area contributed by atoms with E-state index in [0.29, 0.717) is 5.92 Å². The smallest absolute Gasteiger partial charge is 0.134 e. The molecule has 108 valence electrons. The highest BCUT2D eigenvalue weighted by Gasteiger charge is 2.31. The van der Waals surface area contributed by atoms with Crippen LogP contribution >= 0.6 is 0 Å². The van der Waals surface area contributed by atoms with Gasteiger partial charge in [0.1, 0.15) is 5.58 Å². The van der Waals surface area contributed by atoms with Crippen molar-refractivity contribution in [3.63, 3.8) is 0 Å². The number of nitrogens with one attached hydrogen (secondary N) is 1. The van der Waals surface area contributed by atoms with Gasteiger partial charge in [0.15, 0.2) is 0 Å². The summed E-state index contributed by atoms with van der Waals surface area (Å²) >= 11 is 0. The number of rotatable bonds is 3. The Hall–Kier alpha value is -1.32. The van der Waals surface area contributed by atoms with Crippen LogP contribution in [-0.2, 0) is 0 Å². The molecule has 4 unspecified atom stereocenters. The van der Waals surface area contributed by atoms with Crippen LogP contribution in [0.25, 0.3) is 11.0 Å². The van der Waals surface area contributed by atoms with Crippen molar-refractivity contribution >= 4 is 11.0 Å². The average Bonchev–Trinajstić information content (AvgIpc) is 2.88. The van der Waals surface area contributed by atoms with Crippen molar-refractivity contribution < 1.29 is 4.42 Å². The van der Waals surface area contributed by atoms with E-state index in [-0.39, 0.29) is 6.04 Å². The van der Waals surface area contributed by atoms with Crippen molar-refractivity contribution in [2.45, 2.75) is 39.2 Å². The molecule has 0 bridgehead atoms. The van der Waals surface area contributed by atoms with Gasteiger partial charge in [-0.3, -0.25) is 11.3 Å². The summed E-state index contributed by atoms with van der Waals surface area (Å²) in [5, 5.41) is 1.18. The van der Waals surface area contributed by atoms with Crippen LogP contribution in [0.5, 0.6) is 0 Å². The highest BCUT2D eigenvalue weighted by atomic mass is 16.3. The highest BCUT2D eigenvalue weighted by Crippen LogP contribution is 2.41. The number of hydrogen-bond acceptors (Lipinski definition) is 3. The summed E-state index contributed by atoms with van der Waals surface area (Å²) in [6, 6.07) is 8.38. The second-order valence-electron chi connectivity index (χ2n) is 6.36. The van der Waals surface area contributed by atoms with Crippen LogP contribution in [0.1, 0.15) is 44.7 Å². The summed E-state index contributed by atoms with van der Waals surface area (Å²) in [4.78, 5) is 0. The predicted molar refractivity (Wildman–Crippen MR) is 81.9 cm³/mol. The second kappa shape index (κ2) is 5.58. The van der Waals surface area contributed by atoms with E-state index in [1.807, 2.05) is 18.4 Å². The molecule has 3 nitrogen and oxygen atoms in total. The van der Waals surface area contributed by atoms with Gasteiger partial charge >= 0.3 is 0 Å². The number of hydrazine groups is 1. The zero-order valence-electron chi connectivity index (χ0n) is 12.3. The molecule has 0 aliphatic heterocycles. The quantitative estimate of drug-likeness (QED) is 0.655. The fourth-order valence-corrected chi connectivity index (χ4v) is 3.61. The molecule has 0 radical (unpaired) electrons. The number of benzene rings is 1. The van der Waals surface area contributed by atoms with Gasteiger partial charge in [-0.25, -0.2) is 0 Å². The molecule has 0 saturated heterocycles. The molecule has 0 amide bonds. The lowest BCUT2D eigenvalue weighted by Crippen LogP contribution is -2.36. The zero-order valence-corrected chi connectivity index (χ0v) is 12.3. The molecular weight excluding hydrogens is 248 g/mol. The fourth-order valence-electron chi connectivity index (χ4n) is 3.61. The third-order valence-corrected chi connectivity index (χ3v) is 5.14. The van der Waals surface area contributed by atoms with E-state index < -0.39 is 0 Å². The summed E-state index contributed by atoms with van der Waals surface area (Å²) < 4.78 is 5.68. The van der Waals surface area contributed by atoms with Crippen molar-refractivity contribution in [3.8, 4) is 0 Å². The molecule has 3 heteroatoms. The Morgan fingerprint density at radius 1 is 1.20 bits per heavy atom. The molecule has 1 saturated carbocycles. The number of furan rings is 1. The van der Waals surface area contributed by atoms with Crippen LogP contribution < -0.4 is 11.3 Å². The van der Waals surface area contributed by atoms with Gasteiger partial charge in [0.2, 0.25) is 0 Å². The van der Waals surface area contributed by atoms with Crippen LogP contribution in [-0.4, -0.2) is 0 Å². The summed E-state index contributed by atoms with van der Waals surface area (Å²) in [7, 11) is 0. The van der Waals surface area contributed by atoms with E-state index >= 15 is 0 Å². The normalized spacial score (nSPS) is 28.6. The largest absolute Gasteiger partial charge is 0.464 e. The molecule has 1 aliphatic carbocycles. The molecule has 1 aliphatic rings. The first kappa shape index (κ1) is 13.7. The van der Waals surface area contributed by atoms with E-state index in [1.165, 1.54) is 30.2 Å². The van der Waals surface area contributed by atoms with E-state index in [1.54, 1.807) is 0 Å². The average molecular weight is 272 g/mol. The third kappa shape index (κ3) is 2.36. The van der Waals surface area contributed by atoms with Gasteiger partial charge in [-0.2, -0.15) is 0 Å². The van der Waals surface area contributed by atoms with Crippen molar-refractivity contribution in [1.29, 1.82) is 0 Å². The number of para-hydroxylation sites is 1. The fraction of sp³-hybridized carbons (Fsp3) is 0.529. The van der Waals surface area contributed by atoms with Gasteiger partial charge in [0, 0.05) is 10.9 Å². The lowest BCUT2D eigenvalue weighted by molar-refractivity contribution is 0.171. The lowest BCUT2D eigenvalue weighted by atomic mass is 9.72. The second-order valence-corrected chi connectivity index (χ2v) is 6.36. The summed E-state index contributed by atoms with van der Waals surface area (Å²) in [6.45, 7) is 4.72. The molecule has 0 spiro atoms. The maximum atomic E-state index is 5.87. The van der Waals surface area contributed by atoms with Crippen molar-refractivity contribution in [2.24, 2.45) is 23.6 Å². The van der Waals surface area contributed by atoms with Crippen molar-refractivity contribution in [1.82, 2.24) is 5.43 Å². The molecule has 1 heterocycles. The first-order chi connectivity index (χ1) is 9.70. The molecule has 1 fully saturated rings. The monoisotopic (exact) mass is 272 g/mol. The van der Waals surface area contributed by atoms with E-state index in [9.17, 15) is 0 Å². The molecule has 1 aromatic carbocycles. The van der Waals surface area contributed by atoms with Crippen LogP contribution in [0.4, 0.5) is 0 Å². The minimum Gasteiger partial charge on any atom is -0.464 e. The Morgan fingerprint density at radius 3 is 2.75 bits per heavy atom. The zero-order chi connectivity index (χ0) is 14.1. The minimum atomic E-state index is 0.189. The maximum Gasteiger partial charge on any atom is 0.134 e. The minimum absolute atomic E-state index is 0.189. The summed E-state index contributed by atoms with van der Waals surface area (Å²) in [5.74, 6) is 8.06. The molecule has 1 aromatic heterocycles. The van der Waals surface area contributed by atoms with Gasteiger partial charge in [-0.1, -0.05) is 38.5 Å². The first-order valence-corrected chi connectivity index (χ1v) is 7.63. The van der Waals surface area contributed by atoms with Gasteiger partial charge in [-0.05, 0) is 36.7 Å². The molecule has 20 heavy (non-hydrogen) atoms. The molecule has 4 atom stereocenters. The molecule has 2 aromatic rings. The topological polar surface area (TPSA) is 51.2 Å². The Labute approximate surface area is 120 Å². The number of fused-ring (bicyclic) bond motifs is 1. The lowest BCUT2D eigenvalue weighted by Gasteiger charge is -2.36. The third-order valence-electron chi connectivity index (χ3n) is 5.14. The van der Waals surface area contributed by atoms with Crippen LogP contribution in [0.3, 0.4) is 0 Å². The van der Waals surface area contributed by atoms with Gasteiger partial charge in [0.25, 0.3) is 0 Å². The summed E-state index contributed by atoms with van der Waals surface area (Å²) in [5.41, 5.74) is 5.19. The highest BCUT2D eigenvalue weighted by molar-refractivity contribution is 5.81. The Morgan fingerprint density at radius 2 is 2.00 bits per heavy atom. The van der Waals surface area contributed by atoms with Gasteiger partial charge in [0.05, 0.1) is 12.3 Å². The van der Waals surface area contributed by atoms with E-state index in [0.717, 1.165) is 17.4 Å². The van der Waals surface area contributed by atoms with Crippen molar-refractivity contribution in [2.75, 3.05) is 0 Å². The predicted octanol–water partition coefficient (Wildman–Crippen LogP) is 4.01.